The second-order valence-electron chi connectivity index (χ2n) is 7.50. The van der Waals surface area contributed by atoms with Crippen LogP contribution in [0.1, 0.15) is 22.6 Å². The molecule has 0 unspecified atom stereocenters. The summed E-state index contributed by atoms with van der Waals surface area (Å²) in [4.78, 5) is 32.4. The first kappa shape index (κ1) is 18.6. The molecule has 28 heavy (non-hydrogen) atoms. The number of fused-ring (bicyclic) bond motifs is 2. The molecular formula is C20H26N6O2. The van der Waals surface area contributed by atoms with E-state index in [1.165, 1.54) is 0 Å². The molecule has 1 fully saturated rings. The number of amides is 2. The van der Waals surface area contributed by atoms with Gasteiger partial charge in [-0.1, -0.05) is 12.1 Å². The fourth-order valence-electron chi connectivity index (χ4n) is 3.94. The second-order valence-corrected chi connectivity index (χ2v) is 7.50. The number of nitrogens with zero attached hydrogens (tertiary/aromatic N) is 5. The van der Waals surface area contributed by atoms with E-state index in [1.54, 1.807) is 16.6 Å². The minimum absolute atomic E-state index is 0.0276. The van der Waals surface area contributed by atoms with Crippen molar-refractivity contribution in [2.24, 2.45) is 7.05 Å². The van der Waals surface area contributed by atoms with Gasteiger partial charge in [-0.05, 0) is 26.1 Å². The number of nitrogens with one attached hydrogen (secondary N) is 1. The lowest BCUT2D eigenvalue weighted by Crippen LogP contribution is -2.45. The Hall–Kier alpha value is -2.71. The molecular weight excluding hydrogens is 356 g/mol. The van der Waals surface area contributed by atoms with Crippen molar-refractivity contribution in [3.05, 3.63) is 35.7 Å². The number of para-hydroxylation sites is 2. The van der Waals surface area contributed by atoms with Crippen molar-refractivity contribution in [1.29, 1.82) is 0 Å². The Balaban J connectivity index is 1.66. The monoisotopic (exact) mass is 382 g/mol. The van der Waals surface area contributed by atoms with Crippen LogP contribution in [-0.2, 0) is 11.8 Å². The van der Waals surface area contributed by atoms with Crippen molar-refractivity contribution < 1.29 is 9.59 Å². The van der Waals surface area contributed by atoms with Gasteiger partial charge in [0.2, 0.25) is 5.91 Å². The molecule has 2 aliphatic rings. The van der Waals surface area contributed by atoms with Gasteiger partial charge in [-0.2, -0.15) is 5.10 Å². The van der Waals surface area contributed by atoms with E-state index in [4.69, 9.17) is 0 Å². The van der Waals surface area contributed by atoms with E-state index in [1.807, 2.05) is 31.2 Å². The molecule has 0 spiro atoms. The van der Waals surface area contributed by atoms with Crippen LogP contribution in [0.5, 0.6) is 0 Å². The van der Waals surface area contributed by atoms with Crippen LogP contribution in [0.4, 0.5) is 17.1 Å². The van der Waals surface area contributed by atoms with Gasteiger partial charge in [0.25, 0.3) is 5.91 Å². The summed E-state index contributed by atoms with van der Waals surface area (Å²) < 4.78 is 1.55. The Bertz CT molecular complexity index is 913. The van der Waals surface area contributed by atoms with Crippen molar-refractivity contribution in [3.8, 4) is 0 Å². The quantitative estimate of drug-likeness (QED) is 0.873. The maximum atomic E-state index is 13.4. The molecule has 4 rings (SSSR count). The largest absolute Gasteiger partial charge is 0.319 e. The van der Waals surface area contributed by atoms with Crippen LogP contribution in [0.3, 0.4) is 0 Å². The van der Waals surface area contributed by atoms with Crippen molar-refractivity contribution in [1.82, 2.24) is 19.6 Å². The van der Waals surface area contributed by atoms with Gasteiger partial charge in [-0.15, -0.1) is 0 Å². The topological polar surface area (TPSA) is 73.7 Å². The number of benzene rings is 1. The number of carbonyl (C=O) groups is 2. The average Bonchev–Trinajstić information content (AvgIpc) is 2.88. The van der Waals surface area contributed by atoms with Crippen LogP contribution in [0.25, 0.3) is 0 Å². The van der Waals surface area contributed by atoms with Crippen molar-refractivity contribution in [2.45, 2.75) is 13.3 Å². The zero-order valence-electron chi connectivity index (χ0n) is 16.6. The normalized spacial score (nSPS) is 17.7. The van der Waals surface area contributed by atoms with Crippen LogP contribution >= 0.6 is 0 Å². The summed E-state index contributed by atoms with van der Waals surface area (Å²) in [6.07, 6.45) is 0.389. The molecule has 0 aliphatic carbocycles. The molecule has 0 radical (unpaired) electrons. The lowest BCUT2D eigenvalue weighted by atomic mass is 10.2. The molecule has 8 heteroatoms. The van der Waals surface area contributed by atoms with E-state index >= 15 is 0 Å². The third kappa shape index (κ3) is 3.29. The number of rotatable bonds is 3. The number of anilines is 3. The molecule has 1 aromatic carbocycles. The fourth-order valence-corrected chi connectivity index (χ4v) is 3.94. The summed E-state index contributed by atoms with van der Waals surface area (Å²) in [5, 5.41) is 7.31. The zero-order valence-corrected chi connectivity index (χ0v) is 16.6. The first-order valence-corrected chi connectivity index (χ1v) is 9.63. The van der Waals surface area contributed by atoms with Crippen molar-refractivity contribution in [2.75, 3.05) is 50.0 Å². The molecule has 1 aromatic heterocycles. The van der Waals surface area contributed by atoms with Gasteiger partial charge < -0.3 is 15.1 Å². The van der Waals surface area contributed by atoms with Crippen LogP contribution in [0.15, 0.2) is 24.3 Å². The number of likely N-dealkylation sites (N-methyl/N-ethyl adjacent to an activating group) is 1. The standard InChI is InChI=1S/C20H26N6O2/c1-14-18-19(24(3)22-14)20(28)21-15-6-4-5-7-16(15)26(18)17(27)8-9-25-12-10-23(2)11-13-25/h4-7H,8-13H2,1-3H3,(H,21,28). The van der Waals surface area contributed by atoms with E-state index in [-0.39, 0.29) is 11.8 Å². The molecule has 3 heterocycles. The highest BCUT2D eigenvalue weighted by molar-refractivity contribution is 6.17. The maximum Gasteiger partial charge on any atom is 0.276 e. The summed E-state index contributed by atoms with van der Waals surface area (Å²) in [7, 11) is 3.85. The molecule has 0 bridgehead atoms. The Morgan fingerprint density at radius 2 is 1.86 bits per heavy atom. The van der Waals surface area contributed by atoms with Crippen LogP contribution in [0, 0.1) is 6.92 Å². The van der Waals surface area contributed by atoms with Gasteiger partial charge in [0, 0.05) is 46.2 Å². The Morgan fingerprint density at radius 3 is 2.61 bits per heavy atom. The van der Waals surface area contributed by atoms with Gasteiger partial charge >= 0.3 is 0 Å². The van der Waals surface area contributed by atoms with E-state index in [2.05, 4.69) is 27.3 Å². The number of hydrogen-bond acceptors (Lipinski definition) is 5. The predicted octanol–water partition coefficient (Wildman–Crippen LogP) is 1.60. The number of hydrogen-bond donors (Lipinski definition) is 1. The lowest BCUT2D eigenvalue weighted by molar-refractivity contribution is -0.118. The van der Waals surface area contributed by atoms with E-state index in [0.717, 1.165) is 26.2 Å². The molecule has 2 aliphatic heterocycles. The highest BCUT2D eigenvalue weighted by atomic mass is 16.2. The van der Waals surface area contributed by atoms with Gasteiger partial charge in [-0.3, -0.25) is 19.2 Å². The van der Waals surface area contributed by atoms with Crippen molar-refractivity contribution in [3.63, 3.8) is 0 Å². The van der Waals surface area contributed by atoms with E-state index in [0.29, 0.717) is 41.4 Å². The minimum Gasteiger partial charge on any atom is -0.319 e. The van der Waals surface area contributed by atoms with Gasteiger partial charge in [-0.25, -0.2) is 0 Å². The van der Waals surface area contributed by atoms with Crippen molar-refractivity contribution >= 4 is 28.9 Å². The van der Waals surface area contributed by atoms with Crippen LogP contribution < -0.4 is 10.2 Å². The third-order valence-electron chi connectivity index (χ3n) is 5.51. The van der Waals surface area contributed by atoms with Gasteiger partial charge in [0.1, 0.15) is 5.69 Å². The van der Waals surface area contributed by atoms with E-state index < -0.39 is 0 Å². The predicted molar refractivity (Wildman–Crippen MR) is 108 cm³/mol. The smallest absolute Gasteiger partial charge is 0.276 e. The number of aromatic nitrogens is 2. The fraction of sp³-hybridized carbons (Fsp3) is 0.450. The van der Waals surface area contributed by atoms with Crippen LogP contribution in [-0.4, -0.2) is 71.2 Å². The van der Waals surface area contributed by atoms with Gasteiger partial charge in [0.05, 0.1) is 17.1 Å². The molecule has 1 saturated heterocycles. The Labute approximate surface area is 164 Å². The summed E-state index contributed by atoms with van der Waals surface area (Å²) in [5.74, 6) is -0.278. The number of piperazine rings is 1. The minimum atomic E-state index is -0.250. The molecule has 8 nitrogen and oxygen atoms in total. The SMILES string of the molecule is Cc1nn(C)c2c1N(C(=O)CCN1CCN(C)CC1)c1ccccc1NC2=O. The average molecular weight is 382 g/mol. The molecule has 1 N–H and O–H groups in total. The second kappa shape index (κ2) is 7.37. The molecule has 148 valence electrons. The summed E-state index contributed by atoms with van der Waals surface area (Å²) >= 11 is 0. The maximum absolute atomic E-state index is 13.4. The first-order valence-electron chi connectivity index (χ1n) is 9.63. The Kier molecular flexibility index (Phi) is 4.91. The van der Waals surface area contributed by atoms with Gasteiger partial charge in [0.15, 0.2) is 5.69 Å². The van der Waals surface area contributed by atoms with E-state index in [9.17, 15) is 9.59 Å². The summed E-state index contributed by atoms with van der Waals surface area (Å²) in [5.41, 5.74) is 2.97. The highest BCUT2D eigenvalue weighted by Crippen LogP contribution is 2.39. The highest BCUT2D eigenvalue weighted by Gasteiger charge is 2.34. The molecule has 0 saturated carbocycles. The number of aryl methyl sites for hydroxylation is 2. The lowest BCUT2D eigenvalue weighted by Gasteiger charge is -2.32. The molecule has 2 aromatic rings. The zero-order chi connectivity index (χ0) is 19.8. The summed E-state index contributed by atoms with van der Waals surface area (Å²) in [6, 6.07) is 7.42. The van der Waals surface area contributed by atoms with Crippen LogP contribution in [0.2, 0.25) is 0 Å². The molecule has 2 amide bonds. The summed E-state index contributed by atoms with van der Waals surface area (Å²) in [6.45, 7) is 6.52. The number of carbonyl (C=O) groups excluding carboxylic acids is 2. The Morgan fingerprint density at radius 1 is 1.14 bits per heavy atom. The first-order chi connectivity index (χ1) is 13.5. The third-order valence-corrected chi connectivity index (χ3v) is 5.51. The molecule has 0 atom stereocenters.